The van der Waals surface area contributed by atoms with Gasteiger partial charge in [-0.25, -0.2) is 9.97 Å². The monoisotopic (exact) mass is 298 g/mol. The number of nitrogens with zero attached hydrogens (tertiary/aromatic N) is 2. The van der Waals surface area contributed by atoms with Gasteiger partial charge in [0.15, 0.2) is 0 Å². The lowest BCUT2D eigenvalue weighted by Crippen LogP contribution is -1.91. The normalized spacial score (nSPS) is 10.2. The molecule has 0 bridgehead atoms. The number of benzene rings is 1. The van der Waals surface area contributed by atoms with Gasteiger partial charge in [-0.05, 0) is 18.2 Å². The molecule has 16 heavy (non-hydrogen) atoms. The maximum atomic E-state index is 5.94. The third kappa shape index (κ3) is 2.33. The molecule has 1 heterocycles. The van der Waals surface area contributed by atoms with Gasteiger partial charge in [-0.2, -0.15) is 0 Å². The van der Waals surface area contributed by atoms with E-state index in [2.05, 4.69) is 25.9 Å². The topological polar surface area (TPSA) is 35.0 Å². The van der Waals surface area contributed by atoms with E-state index in [4.69, 9.17) is 16.3 Å². The van der Waals surface area contributed by atoms with Gasteiger partial charge < -0.3 is 4.74 Å². The minimum absolute atomic E-state index is 0.525. The van der Waals surface area contributed by atoms with Gasteiger partial charge in [-0.1, -0.05) is 27.5 Å². The fourth-order valence-corrected chi connectivity index (χ4v) is 1.91. The van der Waals surface area contributed by atoms with Gasteiger partial charge in [-0.15, -0.1) is 0 Å². The van der Waals surface area contributed by atoms with Gasteiger partial charge in [0.25, 0.3) is 0 Å². The predicted octanol–water partition coefficient (Wildman–Crippen LogP) is 3.57. The third-order valence-electron chi connectivity index (χ3n) is 2.06. The maximum absolute atomic E-state index is 5.94. The summed E-state index contributed by atoms with van der Waals surface area (Å²) in [5.41, 5.74) is 1.68. The summed E-state index contributed by atoms with van der Waals surface area (Å²) in [7, 11) is 1.57. The predicted molar refractivity (Wildman–Crippen MR) is 66.7 cm³/mol. The number of methoxy groups -OCH3 is 1. The Morgan fingerprint density at radius 2 is 2.06 bits per heavy atom. The van der Waals surface area contributed by atoms with Crippen LogP contribution >= 0.6 is 27.5 Å². The van der Waals surface area contributed by atoms with Crippen LogP contribution < -0.4 is 4.74 Å². The summed E-state index contributed by atoms with van der Waals surface area (Å²) >= 11 is 9.40. The minimum atomic E-state index is 0.525. The lowest BCUT2D eigenvalue weighted by atomic mass is 10.1. The smallest absolute Gasteiger partial charge is 0.216 e. The molecule has 0 atom stereocenters. The molecule has 3 nitrogen and oxygen atoms in total. The van der Waals surface area contributed by atoms with Gasteiger partial charge in [0, 0.05) is 21.1 Å². The van der Waals surface area contributed by atoms with Gasteiger partial charge in [0.05, 0.1) is 12.8 Å². The molecule has 2 rings (SSSR count). The first-order valence-corrected chi connectivity index (χ1v) is 5.69. The Morgan fingerprint density at radius 3 is 2.81 bits per heavy atom. The summed E-state index contributed by atoms with van der Waals surface area (Å²) in [6, 6.07) is 7.30. The highest BCUT2D eigenvalue weighted by Gasteiger charge is 2.06. The molecule has 0 N–H and O–H groups in total. The fraction of sp³-hybridized carbons (Fsp3) is 0.0909. The van der Waals surface area contributed by atoms with Crippen LogP contribution in [0.3, 0.4) is 0 Å². The van der Waals surface area contributed by atoms with E-state index in [0.29, 0.717) is 10.9 Å². The standard InChI is InChI=1S/C11H8BrClN2O/c1-16-11-5-10(14-6-15-11)8-4-7(13)2-3-9(8)12/h2-6H,1H3. The minimum Gasteiger partial charge on any atom is -0.481 e. The van der Waals surface area contributed by atoms with Crippen LogP contribution in [0.5, 0.6) is 5.88 Å². The zero-order valence-corrected chi connectivity index (χ0v) is 10.8. The Hall–Kier alpha value is -1.13. The number of halogens is 2. The van der Waals surface area contributed by atoms with Crippen molar-refractivity contribution in [1.82, 2.24) is 9.97 Å². The Bertz CT molecular complexity index is 519. The molecule has 0 aliphatic rings. The number of rotatable bonds is 2. The van der Waals surface area contributed by atoms with Gasteiger partial charge in [-0.3, -0.25) is 0 Å². The van der Waals surface area contributed by atoms with Crippen molar-refractivity contribution in [3.63, 3.8) is 0 Å². The molecule has 1 aromatic heterocycles. The molecule has 2 aromatic rings. The molecule has 0 radical (unpaired) electrons. The Balaban J connectivity index is 2.53. The summed E-state index contributed by atoms with van der Waals surface area (Å²) < 4.78 is 5.98. The quantitative estimate of drug-likeness (QED) is 0.850. The van der Waals surface area contributed by atoms with Crippen LogP contribution in [-0.2, 0) is 0 Å². The molecule has 0 unspecified atom stereocenters. The molecular weight excluding hydrogens is 291 g/mol. The molecule has 0 aliphatic carbocycles. The molecule has 82 valence electrons. The average molecular weight is 300 g/mol. The second-order valence-corrected chi connectivity index (χ2v) is 4.36. The Kier molecular flexibility index (Phi) is 3.41. The van der Waals surface area contributed by atoms with Gasteiger partial charge >= 0.3 is 0 Å². The molecule has 0 saturated heterocycles. The lowest BCUT2D eigenvalue weighted by Gasteiger charge is -2.05. The van der Waals surface area contributed by atoms with Crippen LogP contribution in [0.25, 0.3) is 11.3 Å². The largest absolute Gasteiger partial charge is 0.481 e. The van der Waals surface area contributed by atoms with Crippen LogP contribution in [0.2, 0.25) is 5.02 Å². The van der Waals surface area contributed by atoms with Crippen LogP contribution in [-0.4, -0.2) is 17.1 Å². The molecule has 0 spiro atoms. The highest BCUT2D eigenvalue weighted by molar-refractivity contribution is 9.10. The zero-order chi connectivity index (χ0) is 11.5. The van der Waals surface area contributed by atoms with E-state index in [0.717, 1.165) is 15.7 Å². The molecule has 0 aliphatic heterocycles. The van der Waals surface area contributed by atoms with E-state index in [-0.39, 0.29) is 0 Å². The highest BCUT2D eigenvalue weighted by Crippen LogP contribution is 2.30. The molecule has 0 amide bonds. The summed E-state index contributed by atoms with van der Waals surface area (Å²) in [5, 5.41) is 0.663. The van der Waals surface area contributed by atoms with E-state index < -0.39 is 0 Å². The number of hydrogen-bond acceptors (Lipinski definition) is 3. The Morgan fingerprint density at radius 1 is 1.25 bits per heavy atom. The fourth-order valence-electron chi connectivity index (χ4n) is 1.29. The van der Waals surface area contributed by atoms with Crippen LogP contribution in [0.1, 0.15) is 0 Å². The summed E-state index contributed by atoms with van der Waals surface area (Å²) in [4.78, 5) is 8.13. The second kappa shape index (κ2) is 4.80. The van der Waals surface area contributed by atoms with Crippen molar-refractivity contribution in [2.75, 3.05) is 7.11 Å². The highest BCUT2D eigenvalue weighted by atomic mass is 79.9. The number of ether oxygens (including phenoxy) is 1. The maximum Gasteiger partial charge on any atom is 0.216 e. The Labute approximate surface area is 107 Å². The van der Waals surface area contributed by atoms with E-state index in [1.165, 1.54) is 6.33 Å². The average Bonchev–Trinajstić information content (AvgIpc) is 2.32. The molecule has 0 saturated carbocycles. The van der Waals surface area contributed by atoms with Crippen LogP contribution in [0.15, 0.2) is 35.1 Å². The first-order chi connectivity index (χ1) is 7.70. The zero-order valence-electron chi connectivity index (χ0n) is 8.45. The van der Waals surface area contributed by atoms with Crippen molar-refractivity contribution in [3.8, 4) is 17.1 Å². The van der Waals surface area contributed by atoms with Crippen molar-refractivity contribution >= 4 is 27.5 Å². The first-order valence-electron chi connectivity index (χ1n) is 4.52. The third-order valence-corrected chi connectivity index (χ3v) is 2.98. The van der Waals surface area contributed by atoms with Crippen molar-refractivity contribution < 1.29 is 4.74 Å². The van der Waals surface area contributed by atoms with E-state index in [9.17, 15) is 0 Å². The number of hydrogen-bond donors (Lipinski definition) is 0. The van der Waals surface area contributed by atoms with Crippen LogP contribution in [0.4, 0.5) is 0 Å². The second-order valence-electron chi connectivity index (χ2n) is 3.07. The summed E-state index contributed by atoms with van der Waals surface area (Å²) in [6.45, 7) is 0. The van der Waals surface area contributed by atoms with Crippen molar-refractivity contribution in [2.24, 2.45) is 0 Å². The molecule has 5 heteroatoms. The van der Waals surface area contributed by atoms with Gasteiger partial charge in [0.2, 0.25) is 5.88 Å². The summed E-state index contributed by atoms with van der Waals surface area (Å²) in [6.07, 6.45) is 1.46. The molecule has 0 fully saturated rings. The van der Waals surface area contributed by atoms with Gasteiger partial charge in [0.1, 0.15) is 6.33 Å². The SMILES string of the molecule is COc1cc(-c2cc(Cl)ccc2Br)ncn1. The van der Waals surface area contributed by atoms with E-state index >= 15 is 0 Å². The number of aromatic nitrogens is 2. The van der Waals surface area contributed by atoms with Crippen molar-refractivity contribution in [1.29, 1.82) is 0 Å². The molecular formula is C11H8BrClN2O. The summed E-state index contributed by atoms with van der Waals surface area (Å²) in [5.74, 6) is 0.525. The van der Waals surface area contributed by atoms with Crippen molar-refractivity contribution in [3.05, 3.63) is 40.1 Å². The lowest BCUT2D eigenvalue weighted by molar-refractivity contribution is 0.397. The van der Waals surface area contributed by atoms with E-state index in [1.807, 2.05) is 18.2 Å². The molecule has 1 aromatic carbocycles. The van der Waals surface area contributed by atoms with Crippen LogP contribution in [0, 0.1) is 0 Å². The van der Waals surface area contributed by atoms with E-state index in [1.54, 1.807) is 13.2 Å². The first kappa shape index (κ1) is 11.4. The van der Waals surface area contributed by atoms with Crippen molar-refractivity contribution in [2.45, 2.75) is 0 Å².